The van der Waals surface area contributed by atoms with E-state index in [1.807, 2.05) is 12.1 Å². The van der Waals surface area contributed by atoms with E-state index in [2.05, 4.69) is 46.3 Å². The van der Waals surface area contributed by atoms with Gasteiger partial charge >= 0.3 is 0 Å². The molecule has 0 radical (unpaired) electrons. The quantitative estimate of drug-likeness (QED) is 0.912. The van der Waals surface area contributed by atoms with Crippen molar-refractivity contribution in [1.82, 2.24) is 0 Å². The second kappa shape index (κ2) is 5.98. The van der Waals surface area contributed by atoms with Crippen LogP contribution in [-0.2, 0) is 19.5 Å². The third kappa shape index (κ3) is 2.89. The van der Waals surface area contributed by atoms with Gasteiger partial charge in [-0.15, -0.1) is 0 Å². The van der Waals surface area contributed by atoms with Crippen LogP contribution in [-0.4, -0.2) is 13.7 Å². The Labute approximate surface area is 128 Å². The summed E-state index contributed by atoms with van der Waals surface area (Å²) < 4.78 is 6.59. The van der Waals surface area contributed by atoms with Crippen molar-refractivity contribution in [3.63, 3.8) is 0 Å². The first-order valence-corrected chi connectivity index (χ1v) is 7.78. The molecule has 0 spiro atoms. The molecule has 0 bridgehead atoms. The molecular weight excluding hydrogens is 314 g/mol. The van der Waals surface area contributed by atoms with Crippen LogP contribution in [0.25, 0.3) is 0 Å². The van der Waals surface area contributed by atoms with Crippen molar-refractivity contribution in [2.24, 2.45) is 0 Å². The minimum Gasteiger partial charge on any atom is -0.496 e. The largest absolute Gasteiger partial charge is 0.496 e. The summed E-state index contributed by atoms with van der Waals surface area (Å²) in [5.74, 6) is 0.986. The van der Waals surface area contributed by atoms with Crippen molar-refractivity contribution >= 4 is 15.9 Å². The summed E-state index contributed by atoms with van der Waals surface area (Å²) in [5.41, 5.74) is 4.27. The van der Waals surface area contributed by atoms with Crippen LogP contribution >= 0.6 is 15.9 Å². The fourth-order valence-corrected chi connectivity index (χ4v) is 3.36. The highest BCUT2D eigenvalue weighted by molar-refractivity contribution is 9.10. The van der Waals surface area contributed by atoms with Crippen LogP contribution in [0, 0.1) is 0 Å². The van der Waals surface area contributed by atoms with Crippen molar-refractivity contribution in [2.75, 3.05) is 13.7 Å². The Bertz CT molecular complexity index is 612. The zero-order chi connectivity index (χ0) is 13.9. The second-order valence-electron chi connectivity index (χ2n) is 5.33. The zero-order valence-electron chi connectivity index (χ0n) is 11.7. The van der Waals surface area contributed by atoms with Crippen LogP contribution in [0.4, 0.5) is 0 Å². The molecule has 1 heterocycles. The van der Waals surface area contributed by atoms with Crippen molar-refractivity contribution in [1.29, 1.82) is 0 Å². The fourth-order valence-electron chi connectivity index (χ4n) is 2.95. The van der Waals surface area contributed by atoms with Gasteiger partial charge in [0.2, 0.25) is 0 Å². The van der Waals surface area contributed by atoms with Gasteiger partial charge in [-0.05, 0) is 23.8 Å². The first kappa shape index (κ1) is 13.7. The number of ether oxygens (including phenoxy) is 1. The maximum atomic E-state index is 5.48. The average molecular weight is 333 g/mol. The van der Waals surface area contributed by atoms with Gasteiger partial charge in [-0.2, -0.15) is 0 Å². The molecule has 2 aromatic carbocycles. The molecule has 1 N–H and O–H groups in total. The van der Waals surface area contributed by atoms with E-state index in [1.165, 1.54) is 29.7 Å². The molecule has 0 fully saturated rings. The number of hydrogen-bond acceptors (Lipinski definition) is 1. The van der Waals surface area contributed by atoms with E-state index >= 15 is 0 Å². The summed E-state index contributed by atoms with van der Waals surface area (Å²) in [6.45, 7) is 3.30. The Morgan fingerprint density at radius 3 is 2.75 bits per heavy atom. The lowest BCUT2D eigenvalue weighted by Gasteiger charge is -2.26. The first-order chi connectivity index (χ1) is 9.76. The van der Waals surface area contributed by atoms with E-state index < -0.39 is 0 Å². The van der Waals surface area contributed by atoms with E-state index in [-0.39, 0.29) is 0 Å². The standard InChI is InChI=1S/C17H18BrNO/c1-20-17-7-6-16(18)10-15(17)12-19-9-8-13-4-2-3-5-14(13)11-19/h2-7,10H,8-9,11-12H2,1H3/p+1. The lowest BCUT2D eigenvalue weighted by molar-refractivity contribution is -0.929. The Morgan fingerprint density at radius 2 is 1.95 bits per heavy atom. The minimum absolute atomic E-state index is 0.986. The van der Waals surface area contributed by atoms with Gasteiger partial charge in [-0.3, -0.25) is 0 Å². The number of benzene rings is 2. The van der Waals surface area contributed by atoms with E-state index in [9.17, 15) is 0 Å². The van der Waals surface area contributed by atoms with Crippen molar-refractivity contribution in [3.8, 4) is 5.75 Å². The number of methoxy groups -OCH3 is 1. The summed E-state index contributed by atoms with van der Waals surface area (Å²) >= 11 is 3.55. The zero-order valence-corrected chi connectivity index (χ0v) is 13.2. The summed E-state index contributed by atoms with van der Waals surface area (Å²) in [7, 11) is 1.74. The third-order valence-electron chi connectivity index (χ3n) is 3.99. The van der Waals surface area contributed by atoms with Gasteiger partial charge in [0.05, 0.1) is 13.7 Å². The Kier molecular flexibility index (Phi) is 4.08. The van der Waals surface area contributed by atoms with Gasteiger partial charge in [-0.1, -0.05) is 40.2 Å². The molecule has 0 aliphatic carbocycles. The van der Waals surface area contributed by atoms with Crippen LogP contribution < -0.4 is 9.64 Å². The topological polar surface area (TPSA) is 13.7 Å². The summed E-state index contributed by atoms with van der Waals surface area (Å²) in [6.07, 6.45) is 1.17. The van der Waals surface area contributed by atoms with E-state index in [1.54, 1.807) is 12.0 Å². The Hall–Kier alpha value is -1.32. The molecule has 3 rings (SSSR count). The molecule has 1 atom stereocenters. The van der Waals surface area contributed by atoms with Gasteiger partial charge < -0.3 is 9.64 Å². The number of halogens is 1. The van der Waals surface area contributed by atoms with Crippen LogP contribution in [0.15, 0.2) is 46.9 Å². The monoisotopic (exact) mass is 332 g/mol. The highest BCUT2D eigenvalue weighted by Gasteiger charge is 2.20. The van der Waals surface area contributed by atoms with E-state index in [0.29, 0.717) is 0 Å². The molecule has 0 aromatic heterocycles. The summed E-state index contributed by atoms with van der Waals surface area (Å²) in [5, 5.41) is 0. The van der Waals surface area contributed by atoms with Crippen LogP contribution in [0.2, 0.25) is 0 Å². The van der Waals surface area contributed by atoms with Gasteiger partial charge in [-0.25, -0.2) is 0 Å². The normalized spacial score (nSPS) is 17.6. The van der Waals surface area contributed by atoms with Crippen LogP contribution in [0.1, 0.15) is 16.7 Å². The van der Waals surface area contributed by atoms with Gasteiger partial charge in [0, 0.05) is 22.0 Å². The smallest absolute Gasteiger partial charge is 0.127 e. The molecule has 0 amide bonds. The maximum Gasteiger partial charge on any atom is 0.127 e. The molecule has 1 unspecified atom stereocenters. The van der Waals surface area contributed by atoms with Crippen molar-refractivity contribution < 1.29 is 9.64 Å². The Balaban J connectivity index is 1.78. The van der Waals surface area contributed by atoms with Gasteiger partial charge in [0.15, 0.2) is 0 Å². The maximum absolute atomic E-state index is 5.48. The molecule has 104 valence electrons. The summed E-state index contributed by atoms with van der Waals surface area (Å²) in [6, 6.07) is 15.0. The third-order valence-corrected chi connectivity index (χ3v) is 4.48. The predicted molar refractivity (Wildman–Crippen MR) is 84.1 cm³/mol. The SMILES string of the molecule is COc1ccc(Br)cc1C[NH+]1CCc2ccccc2C1. The highest BCUT2D eigenvalue weighted by atomic mass is 79.9. The lowest BCUT2D eigenvalue weighted by Crippen LogP contribution is -3.10. The number of hydrogen-bond donors (Lipinski definition) is 1. The lowest BCUT2D eigenvalue weighted by atomic mass is 9.99. The number of fused-ring (bicyclic) bond motifs is 1. The average Bonchev–Trinajstić information content (AvgIpc) is 2.47. The van der Waals surface area contributed by atoms with E-state index in [4.69, 9.17) is 4.74 Å². The van der Waals surface area contributed by atoms with Crippen LogP contribution in [0.3, 0.4) is 0 Å². The molecule has 3 heteroatoms. The molecule has 1 aliphatic heterocycles. The molecule has 2 aromatic rings. The molecule has 0 saturated carbocycles. The Morgan fingerprint density at radius 1 is 1.15 bits per heavy atom. The molecule has 20 heavy (non-hydrogen) atoms. The first-order valence-electron chi connectivity index (χ1n) is 6.99. The number of rotatable bonds is 3. The summed E-state index contributed by atoms with van der Waals surface area (Å²) in [4.78, 5) is 1.60. The van der Waals surface area contributed by atoms with Gasteiger partial charge in [0.1, 0.15) is 18.8 Å². The van der Waals surface area contributed by atoms with Crippen LogP contribution in [0.5, 0.6) is 5.75 Å². The number of quaternary nitrogens is 1. The number of nitrogens with one attached hydrogen (secondary N) is 1. The predicted octanol–water partition coefficient (Wildman–Crippen LogP) is 2.60. The van der Waals surface area contributed by atoms with Crippen molar-refractivity contribution in [2.45, 2.75) is 19.5 Å². The van der Waals surface area contributed by atoms with E-state index in [0.717, 1.165) is 23.3 Å². The molecule has 1 aliphatic rings. The van der Waals surface area contributed by atoms with Crippen molar-refractivity contribution in [3.05, 3.63) is 63.6 Å². The molecule has 2 nitrogen and oxygen atoms in total. The second-order valence-corrected chi connectivity index (χ2v) is 6.24. The molecular formula is C17H19BrNO+. The minimum atomic E-state index is 0.986. The fraction of sp³-hybridized carbons (Fsp3) is 0.294. The highest BCUT2D eigenvalue weighted by Crippen LogP contribution is 2.22. The molecule has 0 saturated heterocycles. The van der Waals surface area contributed by atoms with Gasteiger partial charge in [0.25, 0.3) is 0 Å².